The lowest BCUT2D eigenvalue weighted by Gasteiger charge is -2.06. The number of nitrogens with zero attached hydrogens (tertiary/aromatic N) is 1. The predicted molar refractivity (Wildman–Crippen MR) is 64.5 cm³/mol. The Bertz CT molecular complexity index is 382. The van der Waals surface area contributed by atoms with Crippen molar-refractivity contribution < 1.29 is 9.84 Å². The minimum absolute atomic E-state index is 0.173. The molecular weight excluding hydrogens is 202 g/mol. The SMILES string of the molecule is COc1cccc(C=NC2CCCC2)c1O. The van der Waals surface area contributed by atoms with Crippen LogP contribution in [-0.2, 0) is 0 Å². The van der Waals surface area contributed by atoms with E-state index >= 15 is 0 Å². The summed E-state index contributed by atoms with van der Waals surface area (Å²) in [5.41, 5.74) is 0.728. The third kappa shape index (κ3) is 2.35. The highest BCUT2D eigenvalue weighted by atomic mass is 16.5. The zero-order chi connectivity index (χ0) is 11.4. The van der Waals surface area contributed by atoms with Gasteiger partial charge in [0.1, 0.15) is 0 Å². The number of hydrogen-bond acceptors (Lipinski definition) is 3. The van der Waals surface area contributed by atoms with Gasteiger partial charge in [-0.15, -0.1) is 0 Å². The van der Waals surface area contributed by atoms with E-state index in [4.69, 9.17) is 4.74 Å². The Labute approximate surface area is 95.8 Å². The second-order valence-electron chi connectivity index (χ2n) is 4.11. The van der Waals surface area contributed by atoms with E-state index in [1.165, 1.54) is 25.7 Å². The molecule has 1 aromatic rings. The van der Waals surface area contributed by atoms with E-state index in [2.05, 4.69) is 4.99 Å². The molecule has 86 valence electrons. The fourth-order valence-electron chi connectivity index (χ4n) is 2.05. The zero-order valence-corrected chi connectivity index (χ0v) is 9.52. The van der Waals surface area contributed by atoms with Crippen molar-refractivity contribution in [2.45, 2.75) is 31.7 Å². The first-order valence-electron chi connectivity index (χ1n) is 5.70. The van der Waals surface area contributed by atoms with Gasteiger partial charge in [0.05, 0.1) is 7.11 Å². The van der Waals surface area contributed by atoms with E-state index in [0.717, 1.165) is 5.56 Å². The van der Waals surface area contributed by atoms with Gasteiger partial charge >= 0.3 is 0 Å². The van der Waals surface area contributed by atoms with Gasteiger partial charge in [0.2, 0.25) is 0 Å². The highest BCUT2D eigenvalue weighted by Crippen LogP contribution is 2.28. The van der Waals surface area contributed by atoms with Gasteiger partial charge < -0.3 is 9.84 Å². The summed E-state index contributed by atoms with van der Waals surface area (Å²) in [6.45, 7) is 0. The monoisotopic (exact) mass is 219 g/mol. The molecule has 1 N–H and O–H groups in total. The van der Waals surface area contributed by atoms with Crippen LogP contribution in [0.25, 0.3) is 0 Å². The van der Waals surface area contributed by atoms with E-state index < -0.39 is 0 Å². The molecule has 0 atom stereocenters. The maximum Gasteiger partial charge on any atom is 0.166 e. The van der Waals surface area contributed by atoms with Crippen LogP contribution in [0.4, 0.5) is 0 Å². The topological polar surface area (TPSA) is 41.8 Å². The lowest BCUT2D eigenvalue weighted by atomic mass is 10.2. The maximum absolute atomic E-state index is 9.85. The van der Waals surface area contributed by atoms with Crippen LogP contribution in [0.2, 0.25) is 0 Å². The molecule has 0 radical (unpaired) electrons. The molecule has 1 saturated carbocycles. The van der Waals surface area contributed by atoms with Crippen molar-refractivity contribution in [2.75, 3.05) is 7.11 Å². The molecule has 0 aromatic heterocycles. The zero-order valence-electron chi connectivity index (χ0n) is 9.52. The van der Waals surface area contributed by atoms with Gasteiger partial charge in [-0.3, -0.25) is 4.99 Å². The van der Waals surface area contributed by atoms with Gasteiger partial charge in [-0.25, -0.2) is 0 Å². The third-order valence-electron chi connectivity index (χ3n) is 3.00. The van der Waals surface area contributed by atoms with Gasteiger partial charge in [0.15, 0.2) is 11.5 Å². The number of ether oxygens (including phenoxy) is 1. The summed E-state index contributed by atoms with van der Waals surface area (Å²) >= 11 is 0. The van der Waals surface area contributed by atoms with Crippen molar-refractivity contribution in [3.63, 3.8) is 0 Å². The Morgan fingerprint density at radius 1 is 1.38 bits per heavy atom. The maximum atomic E-state index is 9.85. The van der Waals surface area contributed by atoms with Crippen LogP contribution >= 0.6 is 0 Å². The number of phenolic OH excluding ortho intramolecular Hbond substituents is 1. The second kappa shape index (κ2) is 5.01. The number of hydrogen-bond donors (Lipinski definition) is 1. The number of phenols is 1. The number of benzene rings is 1. The van der Waals surface area contributed by atoms with E-state index in [9.17, 15) is 5.11 Å². The number of rotatable bonds is 3. The lowest BCUT2D eigenvalue weighted by Crippen LogP contribution is -1.97. The minimum atomic E-state index is 0.173. The minimum Gasteiger partial charge on any atom is -0.504 e. The largest absolute Gasteiger partial charge is 0.504 e. The molecule has 0 unspecified atom stereocenters. The first kappa shape index (κ1) is 11.0. The van der Waals surface area contributed by atoms with Crippen LogP contribution in [0.3, 0.4) is 0 Å². The fourth-order valence-corrected chi connectivity index (χ4v) is 2.05. The van der Waals surface area contributed by atoms with Gasteiger partial charge in [-0.05, 0) is 25.0 Å². The predicted octanol–water partition coefficient (Wildman–Crippen LogP) is 2.76. The van der Waals surface area contributed by atoms with Crippen LogP contribution in [0, 0.1) is 0 Å². The molecule has 3 nitrogen and oxygen atoms in total. The number of para-hydroxylation sites is 1. The standard InChI is InChI=1S/C13H17NO2/c1-16-12-8-4-5-10(13(12)15)9-14-11-6-2-3-7-11/h4-5,8-9,11,15H,2-3,6-7H2,1H3. The van der Waals surface area contributed by atoms with Crippen molar-refractivity contribution in [2.24, 2.45) is 4.99 Å². The Morgan fingerprint density at radius 2 is 2.12 bits per heavy atom. The molecule has 1 aliphatic rings. The summed E-state index contributed by atoms with van der Waals surface area (Å²) in [5.74, 6) is 0.669. The first-order valence-corrected chi connectivity index (χ1v) is 5.70. The van der Waals surface area contributed by atoms with Crippen LogP contribution in [0.5, 0.6) is 11.5 Å². The van der Waals surface area contributed by atoms with Crippen molar-refractivity contribution in [1.82, 2.24) is 0 Å². The summed E-state index contributed by atoms with van der Waals surface area (Å²) in [6.07, 6.45) is 6.63. The Kier molecular flexibility index (Phi) is 3.44. The average molecular weight is 219 g/mol. The molecule has 16 heavy (non-hydrogen) atoms. The van der Waals surface area contributed by atoms with Crippen molar-refractivity contribution in [3.05, 3.63) is 23.8 Å². The van der Waals surface area contributed by atoms with Crippen molar-refractivity contribution >= 4 is 6.21 Å². The van der Waals surface area contributed by atoms with Crippen LogP contribution in [-0.4, -0.2) is 24.5 Å². The van der Waals surface area contributed by atoms with Gasteiger partial charge in [-0.1, -0.05) is 18.9 Å². The molecule has 1 aliphatic carbocycles. The van der Waals surface area contributed by atoms with E-state index in [-0.39, 0.29) is 5.75 Å². The molecule has 0 spiro atoms. The van der Waals surface area contributed by atoms with Gasteiger partial charge in [0.25, 0.3) is 0 Å². The Hall–Kier alpha value is -1.51. The number of aliphatic imine (C=N–C) groups is 1. The van der Waals surface area contributed by atoms with Crippen LogP contribution < -0.4 is 4.74 Å². The quantitative estimate of drug-likeness (QED) is 0.794. The second-order valence-corrected chi connectivity index (χ2v) is 4.11. The molecule has 0 amide bonds. The number of methoxy groups -OCH3 is 1. The smallest absolute Gasteiger partial charge is 0.166 e. The first-order chi connectivity index (χ1) is 7.81. The Balaban J connectivity index is 2.14. The number of aromatic hydroxyl groups is 1. The van der Waals surface area contributed by atoms with Crippen LogP contribution in [0.1, 0.15) is 31.2 Å². The third-order valence-corrected chi connectivity index (χ3v) is 3.00. The fraction of sp³-hybridized carbons (Fsp3) is 0.462. The highest BCUT2D eigenvalue weighted by molar-refractivity contribution is 5.84. The highest BCUT2D eigenvalue weighted by Gasteiger charge is 2.13. The normalized spacial score (nSPS) is 17.1. The molecule has 0 saturated heterocycles. The van der Waals surface area contributed by atoms with Crippen molar-refractivity contribution in [3.8, 4) is 11.5 Å². The van der Waals surface area contributed by atoms with Crippen LogP contribution in [0.15, 0.2) is 23.2 Å². The van der Waals surface area contributed by atoms with E-state index in [1.807, 2.05) is 12.1 Å². The summed E-state index contributed by atoms with van der Waals surface area (Å²) in [7, 11) is 1.55. The summed E-state index contributed by atoms with van der Waals surface area (Å²) in [6, 6.07) is 5.87. The van der Waals surface area contributed by atoms with Gasteiger partial charge in [-0.2, -0.15) is 0 Å². The van der Waals surface area contributed by atoms with E-state index in [0.29, 0.717) is 11.8 Å². The molecule has 1 aromatic carbocycles. The molecule has 2 rings (SSSR count). The summed E-state index contributed by atoms with van der Waals surface area (Å²) in [4.78, 5) is 4.49. The van der Waals surface area contributed by atoms with E-state index in [1.54, 1.807) is 19.4 Å². The molecule has 0 heterocycles. The Morgan fingerprint density at radius 3 is 2.81 bits per heavy atom. The molecule has 3 heteroatoms. The molecule has 0 bridgehead atoms. The van der Waals surface area contributed by atoms with Crippen molar-refractivity contribution in [1.29, 1.82) is 0 Å². The summed E-state index contributed by atoms with van der Waals surface area (Å²) in [5, 5.41) is 9.85. The molecular formula is C13H17NO2. The molecule has 1 fully saturated rings. The average Bonchev–Trinajstić information content (AvgIpc) is 2.81. The summed E-state index contributed by atoms with van der Waals surface area (Å²) < 4.78 is 5.05. The lowest BCUT2D eigenvalue weighted by molar-refractivity contribution is 0.373. The molecule has 0 aliphatic heterocycles. The van der Waals surface area contributed by atoms with Gasteiger partial charge in [0, 0.05) is 17.8 Å².